The summed E-state index contributed by atoms with van der Waals surface area (Å²) in [6, 6.07) is 14.2. The standard InChI is InChI=1S/C19H23NO4S/c1-13-4-10-16(11-5-13)25(21,22)18-17(19(18,20)12-23-2)14-6-8-15(24-3)9-7-14/h4-11,17-18H,12,20H2,1-3H3/t17-,18-,19-/m0/s1. The molecule has 0 amide bonds. The molecule has 0 unspecified atom stereocenters. The minimum atomic E-state index is -3.56. The first-order valence-corrected chi connectivity index (χ1v) is 9.61. The Labute approximate surface area is 148 Å². The third-order valence-electron chi connectivity index (χ3n) is 4.86. The molecule has 1 saturated carbocycles. The molecule has 25 heavy (non-hydrogen) atoms. The van der Waals surface area contributed by atoms with Crippen molar-refractivity contribution < 1.29 is 17.9 Å². The predicted molar refractivity (Wildman–Crippen MR) is 96.7 cm³/mol. The molecule has 0 bridgehead atoms. The zero-order chi connectivity index (χ0) is 18.2. The largest absolute Gasteiger partial charge is 0.497 e. The van der Waals surface area contributed by atoms with Crippen molar-refractivity contribution in [3.8, 4) is 5.75 Å². The van der Waals surface area contributed by atoms with Gasteiger partial charge in [-0.2, -0.15) is 0 Å². The van der Waals surface area contributed by atoms with Gasteiger partial charge >= 0.3 is 0 Å². The minimum Gasteiger partial charge on any atom is -0.497 e. The van der Waals surface area contributed by atoms with E-state index in [2.05, 4.69) is 0 Å². The van der Waals surface area contributed by atoms with E-state index in [9.17, 15) is 8.42 Å². The number of hydrogen-bond donors (Lipinski definition) is 1. The van der Waals surface area contributed by atoms with E-state index < -0.39 is 20.6 Å². The molecular weight excluding hydrogens is 338 g/mol. The van der Waals surface area contributed by atoms with Crippen LogP contribution in [0.5, 0.6) is 5.75 Å². The molecular formula is C19H23NO4S. The van der Waals surface area contributed by atoms with Crippen molar-refractivity contribution in [2.75, 3.05) is 20.8 Å². The second kappa shape index (κ2) is 6.44. The summed E-state index contributed by atoms with van der Waals surface area (Å²) >= 11 is 0. The summed E-state index contributed by atoms with van der Waals surface area (Å²) in [6.45, 7) is 2.10. The quantitative estimate of drug-likeness (QED) is 0.854. The minimum absolute atomic E-state index is 0.180. The first-order chi connectivity index (χ1) is 11.8. The second-order valence-electron chi connectivity index (χ2n) is 6.57. The summed E-state index contributed by atoms with van der Waals surface area (Å²) in [6.07, 6.45) is 0. The van der Waals surface area contributed by atoms with Gasteiger partial charge in [-0.1, -0.05) is 29.8 Å². The monoisotopic (exact) mass is 361 g/mol. The van der Waals surface area contributed by atoms with Gasteiger partial charge in [-0.15, -0.1) is 0 Å². The number of methoxy groups -OCH3 is 2. The third-order valence-corrected chi connectivity index (χ3v) is 7.16. The molecule has 0 radical (unpaired) electrons. The lowest BCUT2D eigenvalue weighted by Crippen LogP contribution is -2.35. The lowest BCUT2D eigenvalue weighted by atomic mass is 10.1. The smallest absolute Gasteiger partial charge is 0.183 e. The van der Waals surface area contributed by atoms with Crippen LogP contribution in [0.25, 0.3) is 0 Å². The molecule has 2 aromatic rings. The predicted octanol–water partition coefficient (Wildman–Crippen LogP) is 2.29. The van der Waals surface area contributed by atoms with Gasteiger partial charge in [0.1, 0.15) is 5.75 Å². The molecule has 2 aromatic carbocycles. The Kier molecular flexibility index (Phi) is 4.62. The van der Waals surface area contributed by atoms with Crippen molar-refractivity contribution in [1.29, 1.82) is 0 Å². The Morgan fingerprint density at radius 3 is 2.16 bits per heavy atom. The van der Waals surface area contributed by atoms with Gasteiger partial charge in [0.15, 0.2) is 9.84 Å². The van der Waals surface area contributed by atoms with Gasteiger partial charge in [0.25, 0.3) is 0 Å². The summed E-state index contributed by atoms with van der Waals surface area (Å²) in [5.41, 5.74) is 7.42. The first-order valence-electron chi connectivity index (χ1n) is 8.07. The third kappa shape index (κ3) is 3.05. The molecule has 1 aliphatic carbocycles. The molecule has 0 spiro atoms. The van der Waals surface area contributed by atoms with Crippen LogP contribution in [0, 0.1) is 6.92 Å². The number of benzene rings is 2. The van der Waals surface area contributed by atoms with Crippen LogP contribution in [0.4, 0.5) is 0 Å². The van der Waals surface area contributed by atoms with Crippen LogP contribution in [-0.4, -0.2) is 40.0 Å². The van der Waals surface area contributed by atoms with Crippen LogP contribution < -0.4 is 10.5 Å². The highest BCUT2D eigenvalue weighted by atomic mass is 32.2. The van der Waals surface area contributed by atoms with Crippen molar-refractivity contribution in [3.63, 3.8) is 0 Å². The molecule has 6 heteroatoms. The van der Waals surface area contributed by atoms with Crippen molar-refractivity contribution in [2.45, 2.75) is 28.5 Å². The first kappa shape index (κ1) is 17.9. The lowest BCUT2D eigenvalue weighted by molar-refractivity contribution is 0.171. The molecule has 3 atom stereocenters. The summed E-state index contributed by atoms with van der Waals surface area (Å²) in [7, 11) is -0.434. The van der Waals surface area contributed by atoms with E-state index in [1.165, 1.54) is 7.11 Å². The fourth-order valence-corrected chi connectivity index (χ4v) is 5.77. The normalized spacial score (nSPS) is 25.6. The highest BCUT2D eigenvalue weighted by molar-refractivity contribution is 7.92. The Morgan fingerprint density at radius 1 is 1.04 bits per heavy atom. The Morgan fingerprint density at radius 2 is 1.64 bits per heavy atom. The topological polar surface area (TPSA) is 78.6 Å². The van der Waals surface area contributed by atoms with Crippen molar-refractivity contribution in [3.05, 3.63) is 59.7 Å². The van der Waals surface area contributed by atoms with Crippen LogP contribution >= 0.6 is 0 Å². The van der Waals surface area contributed by atoms with Crippen LogP contribution in [0.1, 0.15) is 17.0 Å². The zero-order valence-corrected chi connectivity index (χ0v) is 15.4. The number of aryl methyl sites for hydroxylation is 1. The Hall–Kier alpha value is -1.89. The average molecular weight is 361 g/mol. The van der Waals surface area contributed by atoms with Crippen molar-refractivity contribution in [1.82, 2.24) is 0 Å². The molecule has 5 nitrogen and oxygen atoms in total. The highest BCUT2D eigenvalue weighted by Crippen LogP contribution is 2.55. The molecule has 0 aromatic heterocycles. The number of hydrogen-bond acceptors (Lipinski definition) is 5. The van der Waals surface area contributed by atoms with Crippen LogP contribution in [0.3, 0.4) is 0 Å². The van der Waals surface area contributed by atoms with Gasteiger partial charge in [0.2, 0.25) is 0 Å². The van der Waals surface area contributed by atoms with E-state index in [4.69, 9.17) is 15.2 Å². The highest BCUT2D eigenvalue weighted by Gasteiger charge is 2.69. The average Bonchev–Trinajstić information content (AvgIpc) is 3.22. The maximum Gasteiger partial charge on any atom is 0.183 e. The van der Waals surface area contributed by atoms with E-state index in [1.54, 1.807) is 31.4 Å². The SMILES string of the molecule is COC[C@]1(N)[C@@H](c2ccc(OC)cc2)[C@@H]1S(=O)(=O)c1ccc(C)cc1. The fourth-order valence-electron chi connectivity index (χ4n) is 3.48. The molecule has 1 fully saturated rings. The summed E-state index contributed by atoms with van der Waals surface area (Å²) in [4.78, 5) is 0.296. The molecule has 0 aliphatic heterocycles. The Bertz CT molecular complexity index is 846. The number of rotatable bonds is 6. The molecule has 1 aliphatic rings. The van der Waals surface area contributed by atoms with E-state index in [0.29, 0.717) is 4.90 Å². The molecule has 2 N–H and O–H groups in total. The lowest BCUT2D eigenvalue weighted by Gasteiger charge is -2.11. The van der Waals surface area contributed by atoms with E-state index in [-0.39, 0.29) is 12.5 Å². The number of nitrogens with two attached hydrogens (primary N) is 1. The fraction of sp³-hybridized carbons (Fsp3) is 0.368. The van der Waals surface area contributed by atoms with Gasteiger partial charge in [0, 0.05) is 13.0 Å². The molecule has 134 valence electrons. The molecule has 0 heterocycles. The summed E-state index contributed by atoms with van der Waals surface area (Å²) < 4.78 is 36.7. The van der Waals surface area contributed by atoms with E-state index in [0.717, 1.165) is 16.9 Å². The van der Waals surface area contributed by atoms with Gasteiger partial charge in [-0.25, -0.2) is 8.42 Å². The van der Waals surface area contributed by atoms with Crippen LogP contribution in [-0.2, 0) is 14.6 Å². The maximum absolute atomic E-state index is 13.1. The van der Waals surface area contributed by atoms with Crippen molar-refractivity contribution >= 4 is 9.84 Å². The van der Waals surface area contributed by atoms with Gasteiger partial charge in [0.05, 0.1) is 29.4 Å². The van der Waals surface area contributed by atoms with Gasteiger partial charge in [-0.3, -0.25) is 0 Å². The van der Waals surface area contributed by atoms with Crippen LogP contribution in [0.2, 0.25) is 0 Å². The molecule has 3 rings (SSSR count). The van der Waals surface area contributed by atoms with E-state index in [1.807, 2.05) is 31.2 Å². The van der Waals surface area contributed by atoms with Gasteiger partial charge in [-0.05, 0) is 36.8 Å². The van der Waals surface area contributed by atoms with Crippen LogP contribution in [0.15, 0.2) is 53.4 Å². The van der Waals surface area contributed by atoms with Gasteiger partial charge < -0.3 is 15.2 Å². The summed E-state index contributed by atoms with van der Waals surface area (Å²) in [5.74, 6) is 0.404. The number of sulfone groups is 1. The number of ether oxygens (including phenoxy) is 2. The molecule has 0 saturated heterocycles. The zero-order valence-electron chi connectivity index (χ0n) is 14.6. The van der Waals surface area contributed by atoms with Crippen molar-refractivity contribution in [2.24, 2.45) is 5.73 Å². The second-order valence-corrected chi connectivity index (χ2v) is 8.64. The summed E-state index contributed by atoms with van der Waals surface area (Å²) in [5, 5.41) is -0.712. The maximum atomic E-state index is 13.1. The Balaban J connectivity index is 1.99. The van der Waals surface area contributed by atoms with E-state index >= 15 is 0 Å².